The highest BCUT2D eigenvalue weighted by molar-refractivity contribution is 6.39. The van der Waals surface area contributed by atoms with E-state index in [9.17, 15) is 22.8 Å². The number of carbonyl (C=O) groups is 2. The average molecular weight is 392 g/mol. The standard InChI is InChI=1S/C18H15F3N4O3/c19-18(20,21)12-5-1-2-6-13(12)24-17(27)16(26)22-11-14(15-7-3-10-28-15)25-9-4-8-23-25/h1-10,14H,11H2,(H,22,26)(H,24,27)/t14-/m0/s1. The fraction of sp³-hybridized carbons (Fsp3) is 0.167. The maximum atomic E-state index is 13.0. The van der Waals surface area contributed by atoms with E-state index in [0.717, 1.165) is 12.1 Å². The van der Waals surface area contributed by atoms with Crippen LogP contribution in [0.5, 0.6) is 0 Å². The molecule has 3 rings (SSSR count). The number of furan rings is 1. The first kappa shape index (κ1) is 19.2. The van der Waals surface area contributed by atoms with E-state index in [4.69, 9.17) is 4.42 Å². The molecule has 28 heavy (non-hydrogen) atoms. The number of rotatable bonds is 5. The summed E-state index contributed by atoms with van der Waals surface area (Å²) in [4.78, 5) is 24.1. The van der Waals surface area contributed by atoms with E-state index in [0.29, 0.717) is 5.76 Å². The highest BCUT2D eigenvalue weighted by Crippen LogP contribution is 2.34. The molecule has 2 N–H and O–H groups in total. The van der Waals surface area contributed by atoms with E-state index in [1.165, 1.54) is 23.1 Å². The molecule has 1 aromatic carbocycles. The Morgan fingerprint density at radius 2 is 1.89 bits per heavy atom. The van der Waals surface area contributed by atoms with Crippen LogP contribution < -0.4 is 10.6 Å². The van der Waals surface area contributed by atoms with Crippen molar-refractivity contribution in [2.24, 2.45) is 0 Å². The second-order valence-electron chi connectivity index (χ2n) is 5.72. The van der Waals surface area contributed by atoms with E-state index in [-0.39, 0.29) is 6.54 Å². The number of para-hydroxylation sites is 1. The first-order chi connectivity index (χ1) is 13.4. The summed E-state index contributed by atoms with van der Waals surface area (Å²) >= 11 is 0. The van der Waals surface area contributed by atoms with Crippen LogP contribution in [0.2, 0.25) is 0 Å². The molecule has 0 saturated heterocycles. The molecule has 2 heterocycles. The van der Waals surface area contributed by atoms with Crippen LogP contribution in [0.3, 0.4) is 0 Å². The van der Waals surface area contributed by atoms with Crippen molar-refractivity contribution in [1.29, 1.82) is 0 Å². The number of hydrogen-bond acceptors (Lipinski definition) is 4. The van der Waals surface area contributed by atoms with Crippen molar-refractivity contribution in [1.82, 2.24) is 15.1 Å². The van der Waals surface area contributed by atoms with Gasteiger partial charge in [-0.15, -0.1) is 0 Å². The monoisotopic (exact) mass is 392 g/mol. The van der Waals surface area contributed by atoms with E-state index >= 15 is 0 Å². The van der Waals surface area contributed by atoms with Crippen LogP contribution in [-0.4, -0.2) is 28.1 Å². The van der Waals surface area contributed by atoms with Crippen LogP contribution in [0.1, 0.15) is 17.4 Å². The van der Waals surface area contributed by atoms with Gasteiger partial charge in [0.1, 0.15) is 11.8 Å². The Hall–Kier alpha value is -3.56. The number of benzene rings is 1. The highest BCUT2D eigenvalue weighted by atomic mass is 19.4. The third-order valence-electron chi connectivity index (χ3n) is 3.86. The van der Waals surface area contributed by atoms with Gasteiger partial charge in [0.15, 0.2) is 0 Å². The fourth-order valence-electron chi connectivity index (χ4n) is 2.56. The minimum atomic E-state index is -4.66. The first-order valence-corrected chi connectivity index (χ1v) is 8.14. The zero-order valence-electron chi connectivity index (χ0n) is 14.3. The van der Waals surface area contributed by atoms with Crippen molar-refractivity contribution in [2.75, 3.05) is 11.9 Å². The Morgan fingerprint density at radius 3 is 2.54 bits per heavy atom. The minimum absolute atomic E-state index is 0.0532. The van der Waals surface area contributed by atoms with Crippen LogP contribution >= 0.6 is 0 Å². The summed E-state index contributed by atoms with van der Waals surface area (Å²) in [5.74, 6) is -1.80. The maximum Gasteiger partial charge on any atom is 0.418 e. The number of aromatic nitrogens is 2. The second-order valence-corrected chi connectivity index (χ2v) is 5.72. The SMILES string of the molecule is O=C(NC[C@@H](c1ccco1)n1cccn1)C(=O)Nc1ccccc1C(F)(F)F. The first-order valence-electron chi connectivity index (χ1n) is 8.14. The lowest BCUT2D eigenvalue weighted by molar-refractivity contribution is -0.138. The molecule has 0 spiro atoms. The number of hydrogen-bond donors (Lipinski definition) is 2. The van der Waals surface area contributed by atoms with Gasteiger partial charge in [-0.3, -0.25) is 14.3 Å². The molecule has 2 aromatic heterocycles. The van der Waals surface area contributed by atoms with Gasteiger partial charge in [0.25, 0.3) is 0 Å². The van der Waals surface area contributed by atoms with Gasteiger partial charge in [0.2, 0.25) is 0 Å². The molecular formula is C18H15F3N4O3. The smallest absolute Gasteiger partial charge is 0.418 e. The largest absolute Gasteiger partial charge is 0.467 e. The molecule has 0 aliphatic heterocycles. The zero-order chi connectivity index (χ0) is 20.1. The van der Waals surface area contributed by atoms with Crippen LogP contribution in [0, 0.1) is 0 Å². The Labute approximate surface area is 157 Å². The third-order valence-corrected chi connectivity index (χ3v) is 3.86. The normalized spacial score (nSPS) is 12.4. The predicted molar refractivity (Wildman–Crippen MR) is 92.2 cm³/mol. The van der Waals surface area contributed by atoms with Gasteiger partial charge >= 0.3 is 18.0 Å². The van der Waals surface area contributed by atoms with Crippen molar-refractivity contribution >= 4 is 17.5 Å². The summed E-state index contributed by atoms with van der Waals surface area (Å²) in [6.07, 6.45) is -0.0171. The number of halogens is 3. The average Bonchev–Trinajstić information content (AvgIpc) is 3.36. The Morgan fingerprint density at radius 1 is 1.11 bits per heavy atom. The Bertz CT molecular complexity index is 903. The molecule has 3 aromatic rings. The number of nitrogens with one attached hydrogen (secondary N) is 2. The molecule has 0 saturated carbocycles. The van der Waals surface area contributed by atoms with Gasteiger partial charge in [-0.1, -0.05) is 12.1 Å². The molecule has 2 amide bonds. The summed E-state index contributed by atoms with van der Waals surface area (Å²) in [6.45, 7) is -0.0532. The second kappa shape index (κ2) is 7.99. The minimum Gasteiger partial charge on any atom is -0.467 e. The molecule has 0 bridgehead atoms. The van der Waals surface area contributed by atoms with Crippen LogP contribution in [0.15, 0.2) is 65.5 Å². The summed E-state index contributed by atoms with van der Waals surface area (Å²) in [5.41, 5.74) is -1.54. The number of alkyl halides is 3. The number of nitrogens with zero attached hydrogens (tertiary/aromatic N) is 2. The van der Waals surface area contributed by atoms with Crippen molar-refractivity contribution in [3.8, 4) is 0 Å². The van der Waals surface area contributed by atoms with Crippen LogP contribution in [-0.2, 0) is 15.8 Å². The van der Waals surface area contributed by atoms with Gasteiger partial charge < -0.3 is 15.1 Å². The van der Waals surface area contributed by atoms with Crippen molar-refractivity contribution in [2.45, 2.75) is 12.2 Å². The van der Waals surface area contributed by atoms with Gasteiger partial charge in [-0.2, -0.15) is 18.3 Å². The van der Waals surface area contributed by atoms with Crippen molar-refractivity contribution < 1.29 is 27.2 Å². The maximum absolute atomic E-state index is 13.0. The molecule has 0 fully saturated rings. The third kappa shape index (κ3) is 4.40. The summed E-state index contributed by atoms with van der Waals surface area (Å²) in [5, 5.41) is 8.46. The Balaban J connectivity index is 1.67. The van der Waals surface area contributed by atoms with Gasteiger partial charge in [-0.25, -0.2) is 0 Å². The van der Waals surface area contributed by atoms with E-state index in [1.807, 2.05) is 5.32 Å². The van der Waals surface area contributed by atoms with Gasteiger partial charge in [0.05, 0.1) is 17.5 Å². The lowest BCUT2D eigenvalue weighted by Gasteiger charge is -2.16. The van der Waals surface area contributed by atoms with Crippen molar-refractivity contribution in [3.05, 3.63) is 72.4 Å². The van der Waals surface area contributed by atoms with E-state index in [2.05, 4.69) is 10.4 Å². The molecule has 146 valence electrons. The summed E-state index contributed by atoms with van der Waals surface area (Å²) in [6, 6.07) is 8.90. The molecule has 1 atom stereocenters. The number of carbonyl (C=O) groups excluding carboxylic acids is 2. The topological polar surface area (TPSA) is 89.2 Å². The lowest BCUT2D eigenvalue weighted by atomic mass is 10.1. The molecule has 0 unspecified atom stereocenters. The molecule has 0 aliphatic carbocycles. The zero-order valence-corrected chi connectivity index (χ0v) is 14.3. The quantitative estimate of drug-likeness (QED) is 0.654. The van der Waals surface area contributed by atoms with Gasteiger partial charge in [0, 0.05) is 18.9 Å². The summed E-state index contributed by atoms with van der Waals surface area (Å²) in [7, 11) is 0. The molecule has 7 nitrogen and oxygen atoms in total. The summed E-state index contributed by atoms with van der Waals surface area (Å²) < 4.78 is 45.8. The van der Waals surface area contributed by atoms with E-state index < -0.39 is 35.3 Å². The Kier molecular flexibility index (Phi) is 5.48. The number of amides is 2. The highest BCUT2D eigenvalue weighted by Gasteiger charge is 2.34. The molecule has 0 radical (unpaired) electrons. The van der Waals surface area contributed by atoms with E-state index in [1.54, 1.807) is 30.6 Å². The predicted octanol–water partition coefficient (Wildman–Crippen LogP) is 2.84. The molecular weight excluding hydrogens is 377 g/mol. The van der Waals surface area contributed by atoms with Gasteiger partial charge in [-0.05, 0) is 30.3 Å². The molecule has 0 aliphatic rings. The van der Waals surface area contributed by atoms with Crippen LogP contribution in [0.4, 0.5) is 18.9 Å². The molecule has 10 heteroatoms. The number of anilines is 1. The van der Waals surface area contributed by atoms with Crippen LogP contribution in [0.25, 0.3) is 0 Å². The van der Waals surface area contributed by atoms with Crippen molar-refractivity contribution in [3.63, 3.8) is 0 Å². The fourth-order valence-corrected chi connectivity index (χ4v) is 2.56. The lowest BCUT2D eigenvalue weighted by Crippen LogP contribution is -2.39.